The predicted molar refractivity (Wildman–Crippen MR) is 46.3 cm³/mol. The lowest BCUT2D eigenvalue weighted by Gasteiger charge is -1.98. The highest BCUT2D eigenvalue weighted by Gasteiger charge is 1.95. The number of anilines is 1. The van der Waals surface area contributed by atoms with Crippen LogP contribution in [0.25, 0.3) is 0 Å². The van der Waals surface area contributed by atoms with Crippen LogP contribution in [0.2, 0.25) is 5.02 Å². The molecule has 0 heterocycles. The number of carbonyl (C=O) groups excluding carboxylic acids is 1. The maximum Gasteiger partial charge on any atom is 0.318 e. The minimum Gasteiger partial charge on any atom is -0.312 e. The number of halogens is 2. The van der Waals surface area contributed by atoms with Crippen LogP contribution in [0.15, 0.2) is 24.3 Å². The highest BCUT2D eigenvalue weighted by atomic mass is 35.5. The molecule has 1 rings (SSSR count). The fraction of sp³-hybridized carbons (Fsp3) is 0. The minimum atomic E-state index is -0.604. The van der Waals surface area contributed by atoms with Crippen molar-refractivity contribution in [1.29, 1.82) is 0 Å². The van der Waals surface area contributed by atoms with Crippen molar-refractivity contribution in [2.75, 3.05) is 5.32 Å². The molecule has 0 aliphatic carbocycles. The zero-order valence-electron chi connectivity index (χ0n) is 5.47. The largest absolute Gasteiger partial charge is 0.318 e. The third-order valence-corrected chi connectivity index (χ3v) is 1.43. The molecule has 2 nitrogen and oxygen atoms in total. The van der Waals surface area contributed by atoms with Crippen LogP contribution in [-0.2, 0) is 0 Å². The monoisotopic (exact) mass is 189 g/mol. The second-order valence-electron chi connectivity index (χ2n) is 1.91. The number of nitrogens with one attached hydrogen (secondary N) is 1. The first-order valence-electron chi connectivity index (χ1n) is 2.90. The molecule has 1 aromatic rings. The first-order chi connectivity index (χ1) is 5.18. The van der Waals surface area contributed by atoms with Gasteiger partial charge in [-0.15, -0.1) is 0 Å². The van der Waals surface area contributed by atoms with Crippen molar-refractivity contribution in [1.82, 2.24) is 0 Å². The van der Waals surface area contributed by atoms with Crippen LogP contribution >= 0.6 is 23.2 Å². The average Bonchev–Trinajstić information content (AvgIpc) is 1.93. The molecule has 0 atom stereocenters. The zero-order valence-corrected chi connectivity index (χ0v) is 6.99. The van der Waals surface area contributed by atoms with E-state index < -0.39 is 5.37 Å². The number of hydrogen-bond acceptors (Lipinski definition) is 1. The summed E-state index contributed by atoms with van der Waals surface area (Å²) in [6, 6.07) is 6.68. The Kier molecular flexibility index (Phi) is 2.74. The number of benzene rings is 1. The van der Waals surface area contributed by atoms with Crippen LogP contribution in [0.5, 0.6) is 0 Å². The summed E-state index contributed by atoms with van der Waals surface area (Å²) in [6.07, 6.45) is 0. The molecule has 4 heteroatoms. The predicted octanol–water partition coefficient (Wildman–Crippen LogP) is 3.11. The summed E-state index contributed by atoms with van der Waals surface area (Å²) in [7, 11) is 0. The van der Waals surface area contributed by atoms with E-state index in [1.165, 1.54) is 0 Å². The number of amides is 1. The van der Waals surface area contributed by atoms with E-state index in [1.807, 2.05) is 0 Å². The summed E-state index contributed by atoms with van der Waals surface area (Å²) in [5.41, 5.74) is 0.634. The van der Waals surface area contributed by atoms with Crippen LogP contribution in [0.1, 0.15) is 0 Å². The Morgan fingerprint density at radius 1 is 1.27 bits per heavy atom. The van der Waals surface area contributed by atoms with Gasteiger partial charge in [-0.3, -0.25) is 4.79 Å². The molecule has 0 unspecified atom stereocenters. The van der Waals surface area contributed by atoms with E-state index in [2.05, 4.69) is 5.32 Å². The zero-order chi connectivity index (χ0) is 8.27. The van der Waals surface area contributed by atoms with Crippen LogP contribution in [0, 0.1) is 0 Å². The summed E-state index contributed by atoms with van der Waals surface area (Å²) in [6.45, 7) is 0. The van der Waals surface area contributed by atoms with Crippen molar-refractivity contribution in [2.45, 2.75) is 0 Å². The minimum absolute atomic E-state index is 0.604. The van der Waals surface area contributed by atoms with E-state index in [9.17, 15) is 4.79 Å². The number of carbonyl (C=O) groups is 1. The van der Waals surface area contributed by atoms with Gasteiger partial charge in [0.2, 0.25) is 0 Å². The van der Waals surface area contributed by atoms with Gasteiger partial charge < -0.3 is 5.32 Å². The standard InChI is InChI=1S/C7H5Cl2NO/c8-5-1-3-6(4-2-5)10-7(9)11/h1-4H,(H,10,11). The van der Waals surface area contributed by atoms with Crippen molar-refractivity contribution in [3.63, 3.8) is 0 Å². The van der Waals surface area contributed by atoms with E-state index in [4.69, 9.17) is 23.2 Å². The highest BCUT2D eigenvalue weighted by Crippen LogP contribution is 2.13. The van der Waals surface area contributed by atoms with E-state index >= 15 is 0 Å². The molecule has 1 aromatic carbocycles. The third-order valence-electron chi connectivity index (χ3n) is 1.09. The van der Waals surface area contributed by atoms with E-state index in [0.29, 0.717) is 10.7 Å². The molecule has 0 radical (unpaired) electrons. The van der Waals surface area contributed by atoms with Crippen molar-refractivity contribution in [3.05, 3.63) is 29.3 Å². The number of rotatable bonds is 1. The quantitative estimate of drug-likeness (QED) is 0.534. The summed E-state index contributed by atoms with van der Waals surface area (Å²) < 4.78 is 0. The molecular formula is C7H5Cl2NO. The van der Waals surface area contributed by atoms with E-state index in [-0.39, 0.29) is 0 Å². The smallest absolute Gasteiger partial charge is 0.312 e. The van der Waals surface area contributed by atoms with Gasteiger partial charge in [0.1, 0.15) is 0 Å². The van der Waals surface area contributed by atoms with Gasteiger partial charge in [-0.1, -0.05) is 11.6 Å². The molecule has 0 fully saturated rings. The highest BCUT2D eigenvalue weighted by molar-refractivity contribution is 6.65. The summed E-state index contributed by atoms with van der Waals surface area (Å²) in [4.78, 5) is 10.3. The molecule has 0 bridgehead atoms. The topological polar surface area (TPSA) is 29.1 Å². The van der Waals surface area contributed by atoms with Crippen LogP contribution in [0.3, 0.4) is 0 Å². The molecule has 0 saturated carbocycles. The molecule has 58 valence electrons. The Hall–Kier alpha value is -0.730. The maximum atomic E-state index is 10.3. The second-order valence-corrected chi connectivity index (χ2v) is 2.69. The third kappa shape index (κ3) is 2.78. The Bertz CT molecular complexity index is 258. The maximum absolute atomic E-state index is 10.3. The van der Waals surface area contributed by atoms with Crippen molar-refractivity contribution >= 4 is 34.3 Å². The summed E-state index contributed by atoms with van der Waals surface area (Å²) in [5.74, 6) is 0. The number of hydrogen-bond donors (Lipinski definition) is 1. The van der Waals surface area contributed by atoms with Crippen molar-refractivity contribution < 1.29 is 4.79 Å². The van der Waals surface area contributed by atoms with Crippen LogP contribution in [0.4, 0.5) is 10.5 Å². The molecule has 0 spiro atoms. The molecule has 11 heavy (non-hydrogen) atoms. The first kappa shape index (κ1) is 8.37. The molecule has 0 aliphatic heterocycles. The van der Waals surface area contributed by atoms with Crippen molar-refractivity contribution in [3.8, 4) is 0 Å². The fourth-order valence-electron chi connectivity index (χ4n) is 0.647. The Balaban J connectivity index is 2.74. The molecular weight excluding hydrogens is 185 g/mol. The lowest BCUT2D eigenvalue weighted by Crippen LogP contribution is -1.99. The molecule has 0 saturated heterocycles. The van der Waals surface area contributed by atoms with Gasteiger partial charge in [0.25, 0.3) is 0 Å². The van der Waals surface area contributed by atoms with Gasteiger partial charge in [-0.2, -0.15) is 0 Å². The van der Waals surface area contributed by atoms with Gasteiger partial charge in [0.15, 0.2) is 0 Å². The van der Waals surface area contributed by atoms with Gasteiger partial charge in [-0.25, -0.2) is 0 Å². The fourth-order valence-corrected chi connectivity index (χ4v) is 0.882. The van der Waals surface area contributed by atoms with E-state index in [0.717, 1.165) is 0 Å². The van der Waals surface area contributed by atoms with Gasteiger partial charge in [0, 0.05) is 10.7 Å². The molecule has 1 N–H and O–H groups in total. The normalized spacial score (nSPS) is 9.27. The average molecular weight is 190 g/mol. The van der Waals surface area contributed by atoms with Crippen molar-refractivity contribution in [2.24, 2.45) is 0 Å². The Labute approximate surface area is 74.1 Å². The summed E-state index contributed by atoms with van der Waals surface area (Å²) in [5, 5.41) is 2.42. The molecule has 0 aliphatic rings. The second kappa shape index (κ2) is 3.60. The lowest BCUT2D eigenvalue weighted by molar-refractivity contribution is 0.269. The van der Waals surface area contributed by atoms with Gasteiger partial charge in [-0.05, 0) is 35.9 Å². The lowest BCUT2D eigenvalue weighted by atomic mass is 10.3. The Morgan fingerprint density at radius 2 is 1.82 bits per heavy atom. The molecule has 1 amide bonds. The van der Waals surface area contributed by atoms with Gasteiger partial charge >= 0.3 is 5.37 Å². The van der Waals surface area contributed by atoms with Crippen LogP contribution in [-0.4, -0.2) is 5.37 Å². The van der Waals surface area contributed by atoms with Gasteiger partial charge in [0.05, 0.1) is 0 Å². The molecule has 0 aromatic heterocycles. The Morgan fingerprint density at radius 3 is 2.27 bits per heavy atom. The first-order valence-corrected chi connectivity index (χ1v) is 3.66. The van der Waals surface area contributed by atoms with Crippen LogP contribution < -0.4 is 5.32 Å². The van der Waals surface area contributed by atoms with E-state index in [1.54, 1.807) is 24.3 Å². The SMILES string of the molecule is O=C(Cl)Nc1ccc(Cl)cc1. The summed E-state index contributed by atoms with van der Waals surface area (Å²) >= 11 is 10.7.